The Kier molecular flexibility index (Phi) is 7.21. The van der Waals surface area contributed by atoms with Crippen molar-refractivity contribution in [1.82, 2.24) is 10.3 Å². The number of carboxylic acid groups (broad SMARTS) is 1. The summed E-state index contributed by atoms with van der Waals surface area (Å²) >= 11 is 0. The molecule has 1 aromatic heterocycles. The van der Waals surface area contributed by atoms with Crippen molar-refractivity contribution in [1.29, 1.82) is 0 Å². The molecular weight excluding hydrogens is 268 g/mol. The summed E-state index contributed by atoms with van der Waals surface area (Å²) < 4.78 is 0. The average molecular weight is 286 g/mol. The molecule has 0 fully saturated rings. The molecule has 1 heterocycles. The van der Waals surface area contributed by atoms with Gasteiger partial charge in [0.2, 0.25) is 5.91 Å². The minimum atomic E-state index is -0.945. The second-order valence-electron chi connectivity index (χ2n) is 4.16. The van der Waals surface area contributed by atoms with Gasteiger partial charge in [-0.25, -0.2) is 4.79 Å². The zero-order valence-corrected chi connectivity index (χ0v) is 11.8. The average Bonchev–Trinajstić information content (AvgIpc) is 2.55. The molecule has 5 nitrogen and oxygen atoms in total. The standard InChI is InChI=1S/C11H13NO3.C5H5N/c1-2-10(13)12-7-8-3-5-9(6-4-8)11(14)15;1-2-4-6-5-3-1/h3-6H,2,7H2,1H3,(H,12,13)(H,14,15);1-5H. The second kappa shape index (κ2) is 9.25. The van der Waals surface area contributed by atoms with Crippen LogP contribution in [0.2, 0.25) is 0 Å². The topological polar surface area (TPSA) is 79.3 Å². The first kappa shape index (κ1) is 16.4. The summed E-state index contributed by atoms with van der Waals surface area (Å²) in [4.78, 5) is 25.3. The second-order valence-corrected chi connectivity index (χ2v) is 4.16. The van der Waals surface area contributed by atoms with Crippen molar-refractivity contribution in [2.45, 2.75) is 19.9 Å². The van der Waals surface area contributed by atoms with Crippen molar-refractivity contribution in [3.05, 3.63) is 66.0 Å². The van der Waals surface area contributed by atoms with Crippen LogP contribution in [-0.4, -0.2) is 22.0 Å². The van der Waals surface area contributed by atoms with Gasteiger partial charge >= 0.3 is 5.97 Å². The number of carboxylic acids is 1. The maximum Gasteiger partial charge on any atom is 0.335 e. The van der Waals surface area contributed by atoms with E-state index in [9.17, 15) is 9.59 Å². The summed E-state index contributed by atoms with van der Waals surface area (Å²) in [5.74, 6) is -0.962. The predicted molar refractivity (Wildman–Crippen MR) is 79.8 cm³/mol. The van der Waals surface area contributed by atoms with Gasteiger partial charge in [0.05, 0.1) is 5.56 Å². The Bertz CT molecular complexity index is 527. The molecule has 0 aliphatic carbocycles. The number of hydrogen-bond donors (Lipinski definition) is 2. The molecule has 5 heteroatoms. The Hall–Kier alpha value is -2.69. The molecule has 110 valence electrons. The third kappa shape index (κ3) is 6.87. The number of benzene rings is 1. The Morgan fingerprint density at radius 2 is 1.71 bits per heavy atom. The molecule has 0 saturated carbocycles. The van der Waals surface area contributed by atoms with Gasteiger partial charge in [-0.1, -0.05) is 25.1 Å². The number of pyridine rings is 1. The molecule has 21 heavy (non-hydrogen) atoms. The molecule has 0 atom stereocenters. The number of amides is 1. The van der Waals surface area contributed by atoms with Crippen LogP contribution in [0.15, 0.2) is 54.9 Å². The van der Waals surface area contributed by atoms with Gasteiger partial charge in [-0.3, -0.25) is 9.78 Å². The highest BCUT2D eigenvalue weighted by Crippen LogP contribution is 2.04. The highest BCUT2D eigenvalue weighted by molar-refractivity contribution is 5.87. The number of rotatable bonds is 4. The minimum Gasteiger partial charge on any atom is -0.478 e. The predicted octanol–water partition coefficient (Wildman–Crippen LogP) is 2.49. The lowest BCUT2D eigenvalue weighted by atomic mass is 10.1. The molecule has 0 aliphatic rings. The van der Waals surface area contributed by atoms with Crippen LogP contribution >= 0.6 is 0 Å². The Morgan fingerprint density at radius 1 is 1.10 bits per heavy atom. The molecule has 0 spiro atoms. The van der Waals surface area contributed by atoms with Gasteiger partial charge in [-0.2, -0.15) is 0 Å². The number of carbonyl (C=O) groups is 2. The molecule has 2 aromatic rings. The lowest BCUT2D eigenvalue weighted by Crippen LogP contribution is -2.21. The zero-order valence-electron chi connectivity index (χ0n) is 11.8. The van der Waals surface area contributed by atoms with Gasteiger partial charge in [0.15, 0.2) is 0 Å². The summed E-state index contributed by atoms with van der Waals surface area (Å²) in [5.41, 5.74) is 1.14. The third-order valence-corrected chi connectivity index (χ3v) is 2.58. The van der Waals surface area contributed by atoms with Crippen LogP contribution in [0.5, 0.6) is 0 Å². The Labute approximate surface area is 123 Å². The van der Waals surface area contributed by atoms with E-state index in [-0.39, 0.29) is 11.5 Å². The van der Waals surface area contributed by atoms with E-state index in [1.54, 1.807) is 31.5 Å². The number of carbonyl (C=O) groups excluding carboxylic acids is 1. The van der Waals surface area contributed by atoms with E-state index in [0.29, 0.717) is 13.0 Å². The monoisotopic (exact) mass is 286 g/mol. The smallest absolute Gasteiger partial charge is 0.335 e. The van der Waals surface area contributed by atoms with Crippen molar-refractivity contribution in [3.63, 3.8) is 0 Å². The lowest BCUT2D eigenvalue weighted by Gasteiger charge is -2.03. The van der Waals surface area contributed by atoms with Crippen molar-refractivity contribution in [2.24, 2.45) is 0 Å². The molecule has 1 aromatic carbocycles. The highest BCUT2D eigenvalue weighted by Gasteiger charge is 2.02. The summed E-state index contributed by atoms with van der Waals surface area (Å²) in [5, 5.41) is 11.4. The van der Waals surface area contributed by atoms with Gasteiger partial charge in [-0.15, -0.1) is 0 Å². The van der Waals surface area contributed by atoms with E-state index >= 15 is 0 Å². The number of nitrogens with zero attached hydrogens (tertiary/aromatic N) is 1. The first-order valence-electron chi connectivity index (χ1n) is 6.57. The zero-order chi connectivity index (χ0) is 15.5. The molecule has 2 rings (SSSR count). The first-order chi connectivity index (χ1) is 10.1. The van der Waals surface area contributed by atoms with Crippen molar-refractivity contribution >= 4 is 11.9 Å². The van der Waals surface area contributed by atoms with Gasteiger partial charge in [0, 0.05) is 25.4 Å². The van der Waals surface area contributed by atoms with E-state index in [4.69, 9.17) is 5.11 Å². The van der Waals surface area contributed by atoms with Crippen LogP contribution in [0.3, 0.4) is 0 Å². The van der Waals surface area contributed by atoms with Crippen LogP contribution < -0.4 is 5.32 Å². The van der Waals surface area contributed by atoms with Gasteiger partial charge in [-0.05, 0) is 29.8 Å². The SMILES string of the molecule is CCC(=O)NCc1ccc(C(=O)O)cc1.c1ccncc1. The van der Waals surface area contributed by atoms with Crippen molar-refractivity contribution in [3.8, 4) is 0 Å². The number of hydrogen-bond acceptors (Lipinski definition) is 3. The van der Waals surface area contributed by atoms with E-state index in [1.165, 1.54) is 12.1 Å². The maximum absolute atomic E-state index is 11.0. The van der Waals surface area contributed by atoms with Crippen LogP contribution in [0.1, 0.15) is 29.3 Å². The fraction of sp³-hybridized carbons (Fsp3) is 0.188. The van der Waals surface area contributed by atoms with Crippen molar-refractivity contribution in [2.75, 3.05) is 0 Å². The first-order valence-corrected chi connectivity index (χ1v) is 6.57. The molecule has 1 amide bonds. The van der Waals surface area contributed by atoms with Crippen LogP contribution in [0.4, 0.5) is 0 Å². The molecule has 0 saturated heterocycles. The van der Waals surface area contributed by atoms with E-state index in [2.05, 4.69) is 10.3 Å². The largest absolute Gasteiger partial charge is 0.478 e. The number of aromatic carboxylic acids is 1. The van der Waals surface area contributed by atoms with E-state index < -0.39 is 5.97 Å². The van der Waals surface area contributed by atoms with E-state index in [0.717, 1.165) is 5.56 Å². The summed E-state index contributed by atoms with van der Waals surface area (Å²) in [6.07, 6.45) is 3.95. The van der Waals surface area contributed by atoms with Gasteiger partial charge in [0.25, 0.3) is 0 Å². The molecule has 0 aliphatic heterocycles. The summed E-state index contributed by atoms with van der Waals surface area (Å²) in [6.45, 7) is 2.22. The molecule has 0 bridgehead atoms. The van der Waals surface area contributed by atoms with Crippen LogP contribution in [0.25, 0.3) is 0 Å². The third-order valence-electron chi connectivity index (χ3n) is 2.58. The highest BCUT2D eigenvalue weighted by atomic mass is 16.4. The fourth-order valence-electron chi connectivity index (χ4n) is 1.40. The molecule has 2 N–H and O–H groups in total. The maximum atomic E-state index is 11.0. The Morgan fingerprint density at radius 3 is 2.10 bits per heavy atom. The summed E-state index contributed by atoms with van der Waals surface area (Å²) in [7, 11) is 0. The lowest BCUT2D eigenvalue weighted by molar-refractivity contribution is -0.120. The molecular formula is C16H18N2O3. The van der Waals surface area contributed by atoms with Crippen LogP contribution in [-0.2, 0) is 11.3 Å². The van der Waals surface area contributed by atoms with Gasteiger partial charge < -0.3 is 10.4 Å². The van der Waals surface area contributed by atoms with E-state index in [1.807, 2.05) is 18.2 Å². The fourth-order valence-corrected chi connectivity index (χ4v) is 1.40. The minimum absolute atomic E-state index is 0.0164. The van der Waals surface area contributed by atoms with Gasteiger partial charge in [0.1, 0.15) is 0 Å². The normalized spacial score (nSPS) is 9.19. The molecule has 0 unspecified atom stereocenters. The number of nitrogens with one attached hydrogen (secondary N) is 1. The Balaban J connectivity index is 0.000000304. The quantitative estimate of drug-likeness (QED) is 0.905. The van der Waals surface area contributed by atoms with Crippen molar-refractivity contribution < 1.29 is 14.7 Å². The van der Waals surface area contributed by atoms with Crippen LogP contribution in [0, 0.1) is 0 Å². The number of aromatic nitrogens is 1. The molecule has 0 radical (unpaired) electrons. The summed E-state index contributed by atoms with van der Waals surface area (Å²) in [6, 6.07) is 12.2.